The van der Waals surface area contributed by atoms with Gasteiger partial charge in [0.05, 0.1) is 24.6 Å². The first-order valence-electron chi connectivity index (χ1n) is 16.4. The van der Waals surface area contributed by atoms with Crippen LogP contribution in [0.15, 0.2) is 30.3 Å². The van der Waals surface area contributed by atoms with Crippen molar-refractivity contribution in [3.8, 4) is 0 Å². The number of carbonyl (C=O) groups excluding carboxylic acids is 1. The Balaban J connectivity index is 1.45. The molecule has 0 spiro atoms. The molecule has 2 saturated heterocycles. The molecule has 2 fully saturated rings. The molecule has 2 amide bonds. The first-order chi connectivity index (χ1) is 21.1. The van der Waals surface area contributed by atoms with Crippen LogP contribution in [-0.4, -0.2) is 96.6 Å². The van der Waals surface area contributed by atoms with E-state index in [4.69, 9.17) is 9.47 Å². The quantitative estimate of drug-likeness (QED) is 0.416. The van der Waals surface area contributed by atoms with Gasteiger partial charge in [-0.25, -0.2) is 14.5 Å². The third kappa shape index (κ3) is 7.16. The summed E-state index contributed by atoms with van der Waals surface area (Å²) in [5.41, 5.74) is 6.01. The van der Waals surface area contributed by atoms with Gasteiger partial charge in [-0.2, -0.15) is 0 Å². The fourth-order valence-corrected chi connectivity index (χ4v) is 7.13. The van der Waals surface area contributed by atoms with Crippen molar-refractivity contribution < 1.29 is 24.2 Å². The lowest BCUT2D eigenvalue weighted by molar-refractivity contribution is 0.0138. The summed E-state index contributed by atoms with van der Waals surface area (Å²) >= 11 is 0. The number of fused-ring (bicyclic) bond motifs is 2. The number of carbonyl (C=O) groups is 2. The Labute approximate surface area is 269 Å². The molecule has 0 atom stereocenters. The summed E-state index contributed by atoms with van der Waals surface area (Å²) in [6.45, 7) is 24.6. The average molecular weight is 621 g/mol. The minimum absolute atomic E-state index is 0.226. The van der Waals surface area contributed by atoms with Crippen molar-refractivity contribution in [2.75, 3.05) is 63.9 Å². The van der Waals surface area contributed by atoms with Gasteiger partial charge in [-0.3, -0.25) is 9.80 Å². The van der Waals surface area contributed by atoms with E-state index in [0.717, 1.165) is 87.0 Å². The second-order valence-electron chi connectivity index (χ2n) is 15.3. The van der Waals surface area contributed by atoms with Crippen LogP contribution >= 0.6 is 0 Å². The summed E-state index contributed by atoms with van der Waals surface area (Å²) in [4.78, 5) is 33.7. The number of rotatable bonds is 5. The third-order valence-corrected chi connectivity index (χ3v) is 9.29. The Morgan fingerprint density at radius 2 is 1.56 bits per heavy atom. The van der Waals surface area contributed by atoms with Gasteiger partial charge in [0.1, 0.15) is 5.60 Å². The van der Waals surface area contributed by atoms with E-state index in [1.54, 1.807) is 4.90 Å². The highest BCUT2D eigenvalue weighted by Gasteiger charge is 2.43. The van der Waals surface area contributed by atoms with Crippen LogP contribution in [0.1, 0.15) is 83.2 Å². The fraction of sp³-hybridized carbons (Fsp3) is 0.611. The normalized spacial score (nSPS) is 19.2. The zero-order chi connectivity index (χ0) is 32.7. The smallest absolute Gasteiger partial charge is 0.416 e. The van der Waals surface area contributed by atoms with Gasteiger partial charge < -0.3 is 19.5 Å². The zero-order valence-electron chi connectivity index (χ0n) is 28.5. The number of piperazine rings is 1. The molecule has 0 unspecified atom stereocenters. The molecule has 45 heavy (non-hydrogen) atoms. The molecule has 5 rings (SSSR count). The Morgan fingerprint density at radius 1 is 0.889 bits per heavy atom. The predicted octanol–water partition coefficient (Wildman–Crippen LogP) is 6.37. The second kappa shape index (κ2) is 12.6. The molecule has 0 saturated carbocycles. The van der Waals surface area contributed by atoms with Gasteiger partial charge in [-0.05, 0) is 72.6 Å². The van der Waals surface area contributed by atoms with E-state index >= 15 is 0 Å². The van der Waals surface area contributed by atoms with Crippen molar-refractivity contribution in [3.63, 3.8) is 0 Å². The monoisotopic (exact) mass is 620 g/mol. The lowest BCUT2D eigenvalue weighted by atomic mass is 9.66. The topological polar surface area (TPSA) is 85.8 Å². The van der Waals surface area contributed by atoms with Crippen molar-refractivity contribution in [2.45, 2.75) is 84.8 Å². The average Bonchev–Trinajstić information content (AvgIpc) is 2.95. The van der Waals surface area contributed by atoms with Crippen LogP contribution in [0.5, 0.6) is 0 Å². The van der Waals surface area contributed by atoms with E-state index in [2.05, 4.69) is 68.7 Å². The molecule has 2 aromatic rings. The molecule has 0 aliphatic carbocycles. The summed E-state index contributed by atoms with van der Waals surface area (Å²) in [5, 5.41) is 10.6. The van der Waals surface area contributed by atoms with E-state index in [-0.39, 0.29) is 11.5 Å². The largest absolute Gasteiger partial charge is 0.464 e. The lowest BCUT2D eigenvalue weighted by Gasteiger charge is -2.44. The highest BCUT2D eigenvalue weighted by molar-refractivity contribution is 6.00. The number of carboxylic acid groups (broad SMARTS) is 1. The van der Waals surface area contributed by atoms with Crippen molar-refractivity contribution in [2.24, 2.45) is 0 Å². The van der Waals surface area contributed by atoms with E-state index in [1.807, 2.05) is 26.8 Å². The molecular weight excluding hydrogens is 568 g/mol. The maximum atomic E-state index is 13.0. The van der Waals surface area contributed by atoms with Crippen LogP contribution in [0.2, 0.25) is 0 Å². The molecule has 9 heteroatoms. The molecular formula is C36H52N4O5. The molecule has 1 N–H and O–H groups in total. The Morgan fingerprint density at radius 3 is 2.16 bits per heavy atom. The van der Waals surface area contributed by atoms with Crippen LogP contribution < -0.4 is 4.90 Å². The summed E-state index contributed by atoms with van der Waals surface area (Å²) in [7, 11) is 0. The van der Waals surface area contributed by atoms with Crippen molar-refractivity contribution in [1.29, 1.82) is 0 Å². The minimum atomic E-state index is -0.968. The first-order valence-corrected chi connectivity index (χ1v) is 16.4. The number of anilines is 2. The number of ether oxygens (including phenoxy) is 2. The van der Waals surface area contributed by atoms with E-state index in [1.165, 1.54) is 16.0 Å². The van der Waals surface area contributed by atoms with Crippen LogP contribution in [0, 0.1) is 0 Å². The number of nitrogens with zero attached hydrogens (tertiary/aromatic N) is 4. The molecule has 3 aliphatic heterocycles. The second-order valence-corrected chi connectivity index (χ2v) is 15.3. The summed E-state index contributed by atoms with van der Waals surface area (Å²) in [6.07, 6.45) is -0.365. The van der Waals surface area contributed by atoms with Crippen LogP contribution in [0.3, 0.4) is 0 Å². The first kappa shape index (κ1) is 33.2. The molecule has 9 nitrogen and oxygen atoms in total. The molecule has 2 aromatic carbocycles. The third-order valence-electron chi connectivity index (χ3n) is 9.29. The van der Waals surface area contributed by atoms with Gasteiger partial charge in [0, 0.05) is 57.8 Å². The zero-order valence-corrected chi connectivity index (χ0v) is 28.5. The van der Waals surface area contributed by atoms with Crippen LogP contribution in [-0.2, 0) is 33.3 Å². The molecule has 246 valence electrons. The lowest BCUT2D eigenvalue weighted by Crippen LogP contribution is -2.49. The maximum Gasteiger partial charge on any atom is 0.416 e. The van der Waals surface area contributed by atoms with Crippen LogP contribution in [0.4, 0.5) is 21.0 Å². The van der Waals surface area contributed by atoms with Gasteiger partial charge in [-0.1, -0.05) is 52.8 Å². The number of hydrogen-bond acceptors (Lipinski definition) is 6. The maximum absolute atomic E-state index is 13.0. The number of hydrogen-bond donors (Lipinski definition) is 1. The van der Waals surface area contributed by atoms with Crippen LogP contribution in [0.25, 0.3) is 0 Å². The SMILES string of the molecule is CC(C)(C)OC(=O)N1CCN(Cc2ccc3c(c2C(C)(C)C)C(C)(C)c2ccc(CCN4CCOCC4)cc2N3C(=O)O)CC1. The summed E-state index contributed by atoms with van der Waals surface area (Å²) in [6, 6.07) is 10.5. The number of benzene rings is 2. The molecule has 3 heterocycles. The predicted molar refractivity (Wildman–Crippen MR) is 178 cm³/mol. The molecule has 0 aromatic heterocycles. The van der Waals surface area contributed by atoms with Gasteiger partial charge in [-0.15, -0.1) is 0 Å². The number of amides is 2. The van der Waals surface area contributed by atoms with Crippen molar-refractivity contribution in [3.05, 3.63) is 58.1 Å². The van der Waals surface area contributed by atoms with E-state index < -0.39 is 17.1 Å². The number of morpholine rings is 1. The highest BCUT2D eigenvalue weighted by Crippen LogP contribution is 2.53. The molecule has 3 aliphatic rings. The van der Waals surface area contributed by atoms with Gasteiger partial charge in [0.15, 0.2) is 0 Å². The van der Waals surface area contributed by atoms with Gasteiger partial charge in [0.2, 0.25) is 0 Å². The van der Waals surface area contributed by atoms with Crippen molar-refractivity contribution in [1.82, 2.24) is 14.7 Å². The van der Waals surface area contributed by atoms with E-state index in [9.17, 15) is 14.7 Å². The molecule has 0 radical (unpaired) electrons. The Bertz CT molecular complexity index is 1410. The van der Waals surface area contributed by atoms with Gasteiger partial charge in [0.25, 0.3) is 0 Å². The van der Waals surface area contributed by atoms with Gasteiger partial charge >= 0.3 is 12.2 Å². The summed E-state index contributed by atoms with van der Waals surface area (Å²) < 4.78 is 11.1. The van der Waals surface area contributed by atoms with Crippen molar-refractivity contribution >= 4 is 23.6 Å². The Kier molecular flexibility index (Phi) is 9.28. The highest BCUT2D eigenvalue weighted by atomic mass is 16.6. The van der Waals surface area contributed by atoms with E-state index in [0.29, 0.717) is 13.1 Å². The minimum Gasteiger partial charge on any atom is -0.464 e. The summed E-state index contributed by atoms with van der Waals surface area (Å²) in [5.74, 6) is 0. The fourth-order valence-electron chi connectivity index (χ4n) is 7.13. The Hall–Kier alpha value is -3.14. The standard InChI is InChI=1S/C36H52N4O5/c1-34(2,3)30-26(24-38-15-17-39(18-16-38)33(43)45-35(4,5)6)10-12-28-31(30)36(7,8)27-11-9-25(23-29(27)40(28)32(41)42)13-14-37-19-21-44-22-20-37/h9-12,23H,13-22,24H2,1-8H3,(H,41,42). The molecule has 0 bridgehead atoms.